The number of ether oxygens (including phenoxy) is 1. The van der Waals surface area contributed by atoms with E-state index in [4.69, 9.17) is 4.74 Å². The summed E-state index contributed by atoms with van der Waals surface area (Å²) in [6.45, 7) is 5.91. The van der Waals surface area contributed by atoms with E-state index in [1.807, 2.05) is 74.5 Å². The highest BCUT2D eigenvalue weighted by Gasteiger charge is 2.31. The van der Waals surface area contributed by atoms with Gasteiger partial charge < -0.3 is 19.9 Å². The number of hydrogen-bond donors (Lipinski definition) is 1. The van der Waals surface area contributed by atoms with Crippen molar-refractivity contribution < 1.29 is 19.1 Å². The highest BCUT2D eigenvalue weighted by atomic mass is 32.1. The van der Waals surface area contributed by atoms with Gasteiger partial charge in [0.2, 0.25) is 5.91 Å². The zero-order chi connectivity index (χ0) is 24.8. The van der Waals surface area contributed by atoms with Crippen LogP contribution in [-0.4, -0.2) is 59.9 Å². The van der Waals surface area contributed by atoms with Crippen LogP contribution >= 0.6 is 11.3 Å². The minimum Gasteiger partial charge on any atom is -0.445 e. The van der Waals surface area contributed by atoms with Crippen LogP contribution in [0.3, 0.4) is 0 Å². The summed E-state index contributed by atoms with van der Waals surface area (Å²) in [5.74, 6) is -0.0975. The third-order valence-corrected chi connectivity index (χ3v) is 7.13. The first-order valence-electron chi connectivity index (χ1n) is 11.9. The van der Waals surface area contributed by atoms with Crippen LogP contribution < -0.4 is 5.32 Å². The van der Waals surface area contributed by atoms with E-state index < -0.39 is 6.04 Å². The van der Waals surface area contributed by atoms with Crippen molar-refractivity contribution in [3.05, 3.63) is 71.1 Å². The van der Waals surface area contributed by atoms with Crippen LogP contribution in [-0.2, 0) is 16.1 Å². The number of piperazine rings is 1. The number of nitrogens with one attached hydrogen (secondary N) is 1. The van der Waals surface area contributed by atoms with Crippen LogP contribution in [0.2, 0.25) is 0 Å². The van der Waals surface area contributed by atoms with Gasteiger partial charge >= 0.3 is 6.09 Å². The van der Waals surface area contributed by atoms with Crippen molar-refractivity contribution in [2.24, 2.45) is 5.92 Å². The minimum absolute atomic E-state index is 0.106. The van der Waals surface area contributed by atoms with E-state index >= 15 is 0 Å². The molecule has 0 saturated carbocycles. The molecule has 2 heterocycles. The monoisotopic (exact) mass is 493 g/mol. The van der Waals surface area contributed by atoms with E-state index in [2.05, 4.69) is 5.32 Å². The number of amides is 3. The molecule has 0 aliphatic carbocycles. The highest BCUT2D eigenvalue weighted by Crippen LogP contribution is 2.25. The number of fused-ring (bicyclic) bond motifs is 1. The normalized spacial score (nSPS) is 14.7. The van der Waals surface area contributed by atoms with Gasteiger partial charge in [0.15, 0.2) is 0 Å². The van der Waals surface area contributed by atoms with Gasteiger partial charge in [-0.05, 0) is 35.4 Å². The number of benzene rings is 2. The Labute approximate surface area is 209 Å². The zero-order valence-corrected chi connectivity index (χ0v) is 20.9. The minimum atomic E-state index is -0.607. The smallest absolute Gasteiger partial charge is 0.410 e. The van der Waals surface area contributed by atoms with Crippen molar-refractivity contribution >= 4 is 39.3 Å². The lowest BCUT2D eigenvalue weighted by Gasteiger charge is -2.36. The van der Waals surface area contributed by atoms with Crippen LogP contribution in [0.5, 0.6) is 0 Å². The molecule has 0 bridgehead atoms. The lowest BCUT2D eigenvalue weighted by molar-refractivity contribution is -0.135. The lowest BCUT2D eigenvalue weighted by atomic mass is 10.0. The number of rotatable bonds is 7. The Balaban J connectivity index is 1.33. The average molecular weight is 494 g/mol. The van der Waals surface area contributed by atoms with Gasteiger partial charge in [0.1, 0.15) is 12.6 Å². The molecule has 1 fully saturated rings. The molecule has 35 heavy (non-hydrogen) atoms. The summed E-state index contributed by atoms with van der Waals surface area (Å²) in [6, 6.07) is 18.7. The van der Waals surface area contributed by atoms with E-state index in [0.29, 0.717) is 37.5 Å². The molecular weight excluding hydrogens is 462 g/mol. The van der Waals surface area contributed by atoms with E-state index in [0.717, 1.165) is 15.6 Å². The van der Waals surface area contributed by atoms with E-state index in [1.54, 1.807) is 9.80 Å². The molecule has 1 saturated heterocycles. The average Bonchev–Trinajstić information content (AvgIpc) is 3.31. The molecule has 0 spiro atoms. The molecule has 1 aliphatic heterocycles. The Bertz CT molecular complexity index is 1140. The lowest BCUT2D eigenvalue weighted by Crippen LogP contribution is -2.56. The Morgan fingerprint density at radius 3 is 2.29 bits per heavy atom. The van der Waals surface area contributed by atoms with Crippen molar-refractivity contribution in [3.8, 4) is 0 Å². The second kappa shape index (κ2) is 11.4. The van der Waals surface area contributed by atoms with Gasteiger partial charge in [0, 0.05) is 30.9 Å². The predicted molar refractivity (Wildman–Crippen MR) is 137 cm³/mol. The second-order valence-electron chi connectivity index (χ2n) is 9.16. The first-order valence-corrected chi connectivity index (χ1v) is 12.8. The summed E-state index contributed by atoms with van der Waals surface area (Å²) >= 11 is 1.42. The van der Waals surface area contributed by atoms with Crippen LogP contribution in [0.25, 0.3) is 10.1 Å². The van der Waals surface area contributed by atoms with E-state index in [-0.39, 0.29) is 30.4 Å². The van der Waals surface area contributed by atoms with Crippen LogP contribution in [0.1, 0.15) is 35.5 Å². The number of nitrogens with zero attached hydrogens (tertiary/aromatic N) is 2. The van der Waals surface area contributed by atoms with Crippen molar-refractivity contribution in [1.29, 1.82) is 0 Å². The largest absolute Gasteiger partial charge is 0.445 e. The molecule has 1 N–H and O–H groups in total. The molecular formula is C27H31N3O4S. The Morgan fingerprint density at radius 2 is 1.60 bits per heavy atom. The summed E-state index contributed by atoms with van der Waals surface area (Å²) < 4.78 is 6.46. The van der Waals surface area contributed by atoms with Gasteiger partial charge in [0.25, 0.3) is 5.91 Å². The Kier molecular flexibility index (Phi) is 8.02. The molecule has 3 aromatic rings. The van der Waals surface area contributed by atoms with Gasteiger partial charge in [-0.2, -0.15) is 0 Å². The van der Waals surface area contributed by atoms with Crippen LogP contribution in [0.15, 0.2) is 60.7 Å². The predicted octanol–water partition coefficient (Wildman–Crippen LogP) is 4.53. The molecule has 0 unspecified atom stereocenters. The molecule has 8 heteroatoms. The molecule has 0 radical (unpaired) electrons. The molecule has 7 nitrogen and oxygen atoms in total. The van der Waals surface area contributed by atoms with Gasteiger partial charge in [-0.1, -0.05) is 62.4 Å². The van der Waals surface area contributed by atoms with E-state index in [9.17, 15) is 14.4 Å². The molecule has 1 aromatic heterocycles. The van der Waals surface area contributed by atoms with Gasteiger partial charge in [0.05, 0.1) is 4.88 Å². The van der Waals surface area contributed by atoms with Crippen molar-refractivity contribution in [2.45, 2.75) is 32.9 Å². The quantitative estimate of drug-likeness (QED) is 0.525. The van der Waals surface area contributed by atoms with E-state index in [1.165, 1.54) is 11.3 Å². The first kappa shape index (κ1) is 24.7. The summed E-state index contributed by atoms with van der Waals surface area (Å²) in [4.78, 5) is 42.7. The summed E-state index contributed by atoms with van der Waals surface area (Å²) in [5.41, 5.74) is 0.931. The van der Waals surface area contributed by atoms with Gasteiger partial charge in [-0.3, -0.25) is 9.59 Å². The van der Waals surface area contributed by atoms with Crippen LogP contribution in [0.4, 0.5) is 4.79 Å². The third kappa shape index (κ3) is 6.39. The molecule has 184 valence electrons. The Morgan fingerprint density at radius 1 is 0.943 bits per heavy atom. The zero-order valence-electron chi connectivity index (χ0n) is 20.1. The summed E-state index contributed by atoms with van der Waals surface area (Å²) in [6.07, 6.45) is 0.173. The second-order valence-corrected chi connectivity index (χ2v) is 10.2. The fourth-order valence-electron chi connectivity index (χ4n) is 4.16. The van der Waals surface area contributed by atoms with Gasteiger partial charge in [-0.15, -0.1) is 11.3 Å². The molecule has 1 aliphatic rings. The molecule has 1 atom stereocenters. The first-order chi connectivity index (χ1) is 16.9. The maximum absolute atomic E-state index is 13.3. The maximum atomic E-state index is 13.3. The third-order valence-electron chi connectivity index (χ3n) is 6.01. The van der Waals surface area contributed by atoms with Gasteiger partial charge in [-0.25, -0.2) is 4.79 Å². The van der Waals surface area contributed by atoms with Crippen molar-refractivity contribution in [1.82, 2.24) is 15.1 Å². The van der Waals surface area contributed by atoms with Crippen molar-refractivity contribution in [2.75, 3.05) is 26.2 Å². The van der Waals surface area contributed by atoms with Crippen LogP contribution in [0, 0.1) is 5.92 Å². The summed E-state index contributed by atoms with van der Waals surface area (Å²) in [5, 5.41) is 3.99. The standard InChI is InChI=1S/C27H31N3O4S/c1-19(2)16-22(28-25(31)24-17-21-10-6-7-11-23(21)35-24)26(32)29-12-14-30(15-13-29)27(33)34-18-20-8-4-3-5-9-20/h3-11,17,19,22H,12-16,18H2,1-2H3,(H,28,31)/t22-/m1/s1. The number of thiophene rings is 1. The number of carbonyl (C=O) groups excluding carboxylic acids is 3. The topological polar surface area (TPSA) is 79.0 Å². The fraction of sp³-hybridized carbons (Fsp3) is 0.370. The molecule has 3 amide bonds. The van der Waals surface area contributed by atoms with Crippen molar-refractivity contribution in [3.63, 3.8) is 0 Å². The highest BCUT2D eigenvalue weighted by molar-refractivity contribution is 7.20. The molecule has 2 aromatic carbocycles. The fourth-order valence-corrected chi connectivity index (χ4v) is 5.12. The SMILES string of the molecule is CC(C)C[C@@H](NC(=O)c1cc2ccccc2s1)C(=O)N1CCN(C(=O)OCc2ccccc2)CC1. The summed E-state index contributed by atoms with van der Waals surface area (Å²) in [7, 11) is 0. The Hall–Kier alpha value is -3.39. The number of carbonyl (C=O) groups is 3. The maximum Gasteiger partial charge on any atom is 0.410 e. The molecule has 4 rings (SSSR count). The number of hydrogen-bond acceptors (Lipinski definition) is 5.